The highest BCUT2D eigenvalue weighted by molar-refractivity contribution is 7.07. The van der Waals surface area contributed by atoms with Crippen molar-refractivity contribution in [2.45, 2.75) is 50.0 Å². The van der Waals surface area contributed by atoms with Gasteiger partial charge in [0, 0.05) is 18.0 Å². The third kappa shape index (κ3) is 4.25. The van der Waals surface area contributed by atoms with Crippen LogP contribution in [0.25, 0.3) is 0 Å². The number of hydrogen-bond acceptors (Lipinski definition) is 3. The molecule has 2 N–H and O–H groups in total. The zero-order valence-electron chi connectivity index (χ0n) is 14.4. The Labute approximate surface area is 158 Å². The number of halogens is 1. The Morgan fingerprint density at radius 1 is 1.28 bits per heavy atom. The van der Waals surface area contributed by atoms with Crippen molar-refractivity contribution in [3.63, 3.8) is 0 Å². The van der Waals surface area contributed by atoms with Gasteiger partial charge in [0.05, 0.1) is 11.0 Å². The highest BCUT2D eigenvalue weighted by Gasteiger charge is 2.43. The lowest BCUT2D eigenvalue weighted by atomic mass is 9.78. The summed E-state index contributed by atoms with van der Waals surface area (Å²) in [5, 5.41) is 18.4. The van der Waals surface area contributed by atoms with E-state index in [1.165, 1.54) is 0 Å². The first-order valence-corrected chi connectivity index (χ1v) is 10.0. The van der Waals surface area contributed by atoms with Crippen LogP contribution in [0.1, 0.15) is 43.7 Å². The fourth-order valence-electron chi connectivity index (χ4n) is 3.73. The Balaban J connectivity index is 1.70. The molecule has 2 aromatic rings. The molecule has 3 nitrogen and oxygen atoms in total. The van der Waals surface area contributed by atoms with Gasteiger partial charge in [0.15, 0.2) is 0 Å². The number of carbonyl (C=O) groups is 1. The number of thiophene rings is 1. The predicted molar refractivity (Wildman–Crippen MR) is 103 cm³/mol. The Kier molecular flexibility index (Phi) is 5.52. The van der Waals surface area contributed by atoms with Gasteiger partial charge in [-0.15, -0.1) is 0 Å². The monoisotopic (exact) mass is 377 g/mol. The maximum Gasteiger partial charge on any atom is 0.230 e. The molecule has 0 spiro atoms. The Morgan fingerprint density at radius 2 is 1.96 bits per heavy atom. The Hall–Kier alpha value is -1.36. The summed E-state index contributed by atoms with van der Waals surface area (Å²) in [6.45, 7) is 2.02. The lowest BCUT2D eigenvalue weighted by Crippen LogP contribution is -2.49. The van der Waals surface area contributed by atoms with Crippen LogP contribution in [0.3, 0.4) is 0 Å². The molecule has 1 heterocycles. The van der Waals surface area contributed by atoms with E-state index in [-0.39, 0.29) is 12.5 Å². The van der Waals surface area contributed by atoms with Crippen molar-refractivity contribution in [1.29, 1.82) is 0 Å². The molecule has 1 atom stereocenters. The zero-order chi connectivity index (χ0) is 17.9. The molecule has 134 valence electrons. The SMILES string of the molecule is CC(O)(CNC(=O)C1(c2ccc(Cl)cc2)CCCC1)Cc1ccsc1. The van der Waals surface area contributed by atoms with Crippen molar-refractivity contribution in [3.05, 3.63) is 57.2 Å². The van der Waals surface area contributed by atoms with Crippen LogP contribution in [0.4, 0.5) is 0 Å². The third-order valence-corrected chi connectivity index (χ3v) is 6.07. The molecule has 1 aromatic heterocycles. The van der Waals surface area contributed by atoms with Gasteiger partial charge in [-0.1, -0.05) is 36.6 Å². The molecule has 0 saturated heterocycles. The van der Waals surface area contributed by atoms with E-state index in [9.17, 15) is 9.90 Å². The fraction of sp³-hybridized carbons (Fsp3) is 0.450. The summed E-state index contributed by atoms with van der Waals surface area (Å²) >= 11 is 7.61. The van der Waals surface area contributed by atoms with Crippen LogP contribution < -0.4 is 5.32 Å². The number of aliphatic hydroxyl groups is 1. The molecule has 1 fully saturated rings. The summed E-state index contributed by atoms with van der Waals surface area (Å²) in [6, 6.07) is 9.61. The van der Waals surface area contributed by atoms with Gasteiger partial charge in [-0.25, -0.2) is 0 Å². The molecule has 1 aromatic carbocycles. The van der Waals surface area contributed by atoms with E-state index >= 15 is 0 Å². The van der Waals surface area contributed by atoms with Crippen LogP contribution in [0.15, 0.2) is 41.1 Å². The van der Waals surface area contributed by atoms with E-state index < -0.39 is 11.0 Å². The highest BCUT2D eigenvalue weighted by Crippen LogP contribution is 2.41. The Bertz CT molecular complexity index is 704. The van der Waals surface area contributed by atoms with E-state index in [0.29, 0.717) is 11.4 Å². The van der Waals surface area contributed by atoms with Crippen LogP contribution in [0.2, 0.25) is 5.02 Å². The summed E-state index contributed by atoms with van der Waals surface area (Å²) in [5.74, 6) is 0.0120. The van der Waals surface area contributed by atoms with Crippen LogP contribution in [-0.2, 0) is 16.6 Å². The molecule has 3 rings (SSSR count). The second-order valence-electron chi connectivity index (χ2n) is 7.28. The van der Waals surface area contributed by atoms with Gasteiger partial charge in [-0.2, -0.15) is 11.3 Å². The molecular formula is C20H24ClNO2S. The van der Waals surface area contributed by atoms with Gasteiger partial charge in [-0.3, -0.25) is 4.79 Å². The number of hydrogen-bond donors (Lipinski definition) is 2. The van der Waals surface area contributed by atoms with Gasteiger partial charge in [0.1, 0.15) is 0 Å². The molecule has 1 unspecified atom stereocenters. The molecule has 25 heavy (non-hydrogen) atoms. The first-order valence-electron chi connectivity index (χ1n) is 8.69. The van der Waals surface area contributed by atoms with Gasteiger partial charge in [0.25, 0.3) is 0 Å². The first-order chi connectivity index (χ1) is 11.9. The summed E-state index contributed by atoms with van der Waals surface area (Å²) < 4.78 is 0. The quantitative estimate of drug-likeness (QED) is 0.787. The van der Waals surface area contributed by atoms with Crippen molar-refractivity contribution in [2.75, 3.05) is 6.54 Å². The zero-order valence-corrected chi connectivity index (χ0v) is 16.0. The molecule has 1 aliphatic carbocycles. The topological polar surface area (TPSA) is 49.3 Å². The van der Waals surface area contributed by atoms with Crippen LogP contribution >= 0.6 is 22.9 Å². The van der Waals surface area contributed by atoms with Crippen molar-refractivity contribution in [2.24, 2.45) is 0 Å². The summed E-state index contributed by atoms with van der Waals surface area (Å²) in [6.07, 6.45) is 4.30. The predicted octanol–water partition coefficient (Wildman–Crippen LogP) is 4.32. The molecule has 5 heteroatoms. The number of rotatable bonds is 6. The largest absolute Gasteiger partial charge is 0.388 e. The lowest BCUT2D eigenvalue weighted by molar-refractivity contribution is -0.127. The van der Waals surface area contributed by atoms with E-state index in [2.05, 4.69) is 5.32 Å². The lowest BCUT2D eigenvalue weighted by Gasteiger charge is -2.31. The van der Waals surface area contributed by atoms with Crippen LogP contribution in [0, 0.1) is 0 Å². The van der Waals surface area contributed by atoms with E-state index in [4.69, 9.17) is 11.6 Å². The second kappa shape index (κ2) is 7.48. The number of benzene rings is 1. The average Bonchev–Trinajstić information content (AvgIpc) is 3.25. The normalized spacial score (nSPS) is 18.7. The van der Waals surface area contributed by atoms with Gasteiger partial charge in [0.2, 0.25) is 5.91 Å². The summed E-state index contributed by atoms with van der Waals surface area (Å²) in [7, 11) is 0. The minimum absolute atomic E-state index is 0.0120. The van der Waals surface area contributed by atoms with Crippen molar-refractivity contribution < 1.29 is 9.90 Å². The van der Waals surface area contributed by atoms with Gasteiger partial charge < -0.3 is 10.4 Å². The van der Waals surface area contributed by atoms with Gasteiger partial charge >= 0.3 is 0 Å². The van der Waals surface area contributed by atoms with Crippen molar-refractivity contribution in [1.82, 2.24) is 5.32 Å². The molecular weight excluding hydrogens is 354 g/mol. The molecule has 1 aliphatic rings. The summed E-state index contributed by atoms with van der Waals surface area (Å²) in [5.41, 5.74) is 0.654. The second-order valence-corrected chi connectivity index (χ2v) is 8.50. The van der Waals surface area contributed by atoms with E-state index in [0.717, 1.165) is 36.8 Å². The molecule has 1 saturated carbocycles. The minimum Gasteiger partial charge on any atom is -0.388 e. The number of nitrogens with one attached hydrogen (secondary N) is 1. The van der Waals surface area contributed by atoms with Crippen molar-refractivity contribution >= 4 is 28.8 Å². The fourth-order valence-corrected chi connectivity index (χ4v) is 4.52. The third-order valence-electron chi connectivity index (χ3n) is 5.08. The molecule has 0 radical (unpaired) electrons. The van der Waals surface area contributed by atoms with Crippen LogP contribution in [-0.4, -0.2) is 23.2 Å². The van der Waals surface area contributed by atoms with Crippen molar-refractivity contribution in [3.8, 4) is 0 Å². The smallest absolute Gasteiger partial charge is 0.230 e. The maximum absolute atomic E-state index is 13.0. The maximum atomic E-state index is 13.0. The molecule has 0 aliphatic heterocycles. The van der Waals surface area contributed by atoms with Gasteiger partial charge in [-0.05, 0) is 59.9 Å². The minimum atomic E-state index is -0.962. The van der Waals surface area contributed by atoms with Crippen LogP contribution in [0.5, 0.6) is 0 Å². The summed E-state index contributed by atoms with van der Waals surface area (Å²) in [4.78, 5) is 13.0. The average molecular weight is 378 g/mol. The number of amides is 1. The first kappa shape index (κ1) is 18.4. The molecule has 0 bridgehead atoms. The Morgan fingerprint density at radius 3 is 2.56 bits per heavy atom. The standard InChI is InChI=1S/C20H24ClNO2S/c1-19(24,12-15-8-11-25-13-15)14-22-18(23)20(9-2-3-10-20)16-4-6-17(21)7-5-16/h4-8,11,13,24H,2-3,9-10,12,14H2,1H3,(H,22,23). The van der Waals surface area contributed by atoms with E-state index in [1.807, 2.05) is 41.1 Å². The number of carbonyl (C=O) groups excluding carboxylic acids is 1. The highest BCUT2D eigenvalue weighted by atomic mass is 35.5. The van der Waals surface area contributed by atoms with E-state index in [1.54, 1.807) is 18.3 Å². The molecule has 1 amide bonds.